The molecule has 0 spiro atoms. The van der Waals surface area contributed by atoms with E-state index in [2.05, 4.69) is 12.1 Å². The molecule has 1 aliphatic heterocycles. The van der Waals surface area contributed by atoms with Crippen molar-refractivity contribution in [3.63, 3.8) is 0 Å². The number of aliphatic hydroxyl groups excluding tert-OH is 1. The Morgan fingerprint density at radius 1 is 1.05 bits per heavy atom. The zero-order valence-corrected chi connectivity index (χ0v) is 12.8. The molecule has 1 aliphatic carbocycles. The van der Waals surface area contributed by atoms with Crippen LogP contribution in [0.2, 0.25) is 5.02 Å². The molecular weight excluding hydrogens is 270 g/mol. The first-order valence-corrected chi connectivity index (χ1v) is 8.36. The monoisotopic (exact) mass is 294 g/mol. The van der Waals surface area contributed by atoms with Gasteiger partial charge in [0, 0.05) is 10.4 Å². The predicted octanol–water partition coefficient (Wildman–Crippen LogP) is 2.19. The average Bonchev–Trinajstić information content (AvgIpc) is 2.41. The number of hydrogen-bond acceptors (Lipinski definition) is 1. The highest BCUT2D eigenvalue weighted by molar-refractivity contribution is 6.30. The summed E-state index contributed by atoms with van der Waals surface area (Å²) in [6.45, 7) is 3.37. The maximum atomic E-state index is 10.8. The van der Waals surface area contributed by atoms with Crippen LogP contribution in [0.15, 0.2) is 24.3 Å². The summed E-state index contributed by atoms with van der Waals surface area (Å²) in [7, 11) is 0. The molecule has 0 aromatic heterocycles. The summed E-state index contributed by atoms with van der Waals surface area (Å²) in [6, 6.07) is 8.13. The summed E-state index contributed by atoms with van der Waals surface area (Å²) in [5, 5.41) is 11.6. The molecule has 110 valence electrons. The predicted molar refractivity (Wildman–Crippen MR) is 82.4 cm³/mol. The lowest BCUT2D eigenvalue weighted by Gasteiger charge is -2.46. The molecule has 1 aromatic rings. The highest BCUT2D eigenvalue weighted by Crippen LogP contribution is 2.46. The Balaban J connectivity index is 1.72. The third kappa shape index (κ3) is 2.74. The van der Waals surface area contributed by atoms with Gasteiger partial charge in [0.2, 0.25) is 0 Å². The fraction of sp³-hybridized carbons (Fsp3) is 0.647. The largest absolute Gasteiger partial charge is 0.386 e. The van der Waals surface area contributed by atoms with E-state index < -0.39 is 0 Å². The van der Waals surface area contributed by atoms with Crippen LogP contribution in [0.3, 0.4) is 0 Å². The van der Waals surface area contributed by atoms with Gasteiger partial charge in [-0.25, -0.2) is 0 Å². The lowest BCUT2D eigenvalue weighted by atomic mass is 9.61. The maximum absolute atomic E-state index is 10.8. The number of nitrogens with one attached hydrogen (secondary N) is 1. The van der Waals surface area contributed by atoms with E-state index in [0.29, 0.717) is 0 Å². The molecule has 1 heterocycles. The van der Waals surface area contributed by atoms with Gasteiger partial charge in [0.15, 0.2) is 0 Å². The van der Waals surface area contributed by atoms with Gasteiger partial charge in [-0.05, 0) is 49.8 Å². The van der Waals surface area contributed by atoms with E-state index in [1.54, 1.807) is 4.90 Å². The molecule has 1 saturated carbocycles. The van der Waals surface area contributed by atoms with Gasteiger partial charge in [-0.1, -0.05) is 30.2 Å². The van der Waals surface area contributed by atoms with Crippen LogP contribution in [0.25, 0.3) is 0 Å². The van der Waals surface area contributed by atoms with Gasteiger partial charge in [-0.15, -0.1) is 0 Å². The standard InChI is InChI=1S/C17H24ClNO/c18-15-7-5-14(6-8-15)17(9-4-10-17)16(20)13-19-11-2-1-3-12-19/h5-8,16,20H,1-4,9-13H2/p+1. The molecular formula is C17H25ClNO+. The van der Waals surface area contributed by atoms with Crippen LogP contribution in [0, 0.1) is 0 Å². The van der Waals surface area contributed by atoms with Crippen LogP contribution in [0.1, 0.15) is 44.1 Å². The SMILES string of the molecule is OC(C[NH+]1CCCCC1)C1(c2ccc(Cl)cc2)CCC1. The number of quaternary nitrogens is 1. The Kier molecular flexibility index (Phi) is 4.34. The van der Waals surface area contributed by atoms with E-state index in [4.69, 9.17) is 11.6 Å². The molecule has 2 nitrogen and oxygen atoms in total. The van der Waals surface area contributed by atoms with Crippen LogP contribution >= 0.6 is 11.6 Å². The molecule has 0 radical (unpaired) electrons. The number of likely N-dealkylation sites (tertiary alicyclic amines) is 1. The van der Waals surface area contributed by atoms with Gasteiger partial charge in [0.25, 0.3) is 0 Å². The second kappa shape index (κ2) is 6.05. The van der Waals surface area contributed by atoms with Crippen molar-refractivity contribution in [1.82, 2.24) is 0 Å². The molecule has 1 aromatic carbocycles. The van der Waals surface area contributed by atoms with Crippen molar-refractivity contribution in [2.24, 2.45) is 0 Å². The Morgan fingerprint density at radius 2 is 1.70 bits per heavy atom. The normalized spacial score (nSPS) is 24.1. The van der Waals surface area contributed by atoms with Crippen LogP contribution in [0.5, 0.6) is 0 Å². The third-order valence-corrected chi connectivity index (χ3v) is 5.60. The van der Waals surface area contributed by atoms with Gasteiger partial charge in [-0.2, -0.15) is 0 Å². The molecule has 0 amide bonds. The Bertz CT molecular complexity index is 435. The maximum Gasteiger partial charge on any atom is 0.112 e. The molecule has 3 rings (SSSR count). The molecule has 3 heteroatoms. The van der Waals surface area contributed by atoms with Crippen molar-refractivity contribution in [3.05, 3.63) is 34.9 Å². The molecule has 1 saturated heterocycles. The topological polar surface area (TPSA) is 24.7 Å². The van der Waals surface area contributed by atoms with E-state index >= 15 is 0 Å². The second-order valence-electron chi connectivity index (χ2n) is 6.55. The van der Waals surface area contributed by atoms with Crippen molar-refractivity contribution in [1.29, 1.82) is 0 Å². The quantitative estimate of drug-likeness (QED) is 0.874. The summed E-state index contributed by atoms with van der Waals surface area (Å²) < 4.78 is 0. The van der Waals surface area contributed by atoms with Gasteiger partial charge in [-0.3, -0.25) is 0 Å². The molecule has 20 heavy (non-hydrogen) atoms. The molecule has 2 fully saturated rings. The fourth-order valence-electron chi connectivity index (χ4n) is 3.88. The van der Waals surface area contributed by atoms with Gasteiger partial charge in [0.05, 0.1) is 13.1 Å². The van der Waals surface area contributed by atoms with Gasteiger partial charge >= 0.3 is 0 Å². The number of piperidine rings is 1. The number of rotatable bonds is 4. The first-order valence-electron chi connectivity index (χ1n) is 7.98. The number of aliphatic hydroxyl groups is 1. The van der Waals surface area contributed by atoms with Crippen molar-refractivity contribution in [2.45, 2.75) is 50.0 Å². The first-order chi connectivity index (χ1) is 9.71. The van der Waals surface area contributed by atoms with Gasteiger partial charge < -0.3 is 10.0 Å². The summed E-state index contributed by atoms with van der Waals surface area (Å²) in [6.07, 6.45) is 7.24. The Morgan fingerprint density at radius 3 is 2.25 bits per heavy atom. The summed E-state index contributed by atoms with van der Waals surface area (Å²) in [5.41, 5.74) is 1.27. The zero-order valence-electron chi connectivity index (χ0n) is 12.1. The second-order valence-corrected chi connectivity index (χ2v) is 6.98. The molecule has 2 N–H and O–H groups in total. The third-order valence-electron chi connectivity index (χ3n) is 5.35. The lowest BCUT2D eigenvalue weighted by Crippen LogP contribution is -3.14. The lowest BCUT2D eigenvalue weighted by molar-refractivity contribution is -0.908. The number of hydrogen-bond donors (Lipinski definition) is 2. The van der Waals surface area contributed by atoms with E-state index in [1.807, 2.05) is 12.1 Å². The minimum atomic E-state index is -0.217. The van der Waals surface area contributed by atoms with Crippen molar-refractivity contribution in [2.75, 3.05) is 19.6 Å². The van der Waals surface area contributed by atoms with Crippen LogP contribution in [-0.4, -0.2) is 30.8 Å². The number of benzene rings is 1. The van der Waals surface area contributed by atoms with Crippen LogP contribution < -0.4 is 4.90 Å². The average molecular weight is 295 g/mol. The molecule has 2 aliphatic rings. The number of halogens is 1. The van der Waals surface area contributed by atoms with E-state index in [1.165, 1.54) is 44.3 Å². The highest BCUT2D eigenvalue weighted by Gasteiger charge is 2.46. The van der Waals surface area contributed by atoms with Crippen molar-refractivity contribution < 1.29 is 10.0 Å². The van der Waals surface area contributed by atoms with Crippen LogP contribution in [-0.2, 0) is 5.41 Å². The minimum absolute atomic E-state index is 0.00492. The fourth-order valence-corrected chi connectivity index (χ4v) is 4.00. The Hall–Kier alpha value is -0.570. The molecule has 1 atom stereocenters. The zero-order chi connectivity index (χ0) is 14.0. The van der Waals surface area contributed by atoms with Gasteiger partial charge in [0.1, 0.15) is 12.6 Å². The van der Waals surface area contributed by atoms with Crippen LogP contribution in [0.4, 0.5) is 0 Å². The highest BCUT2D eigenvalue weighted by atomic mass is 35.5. The van der Waals surface area contributed by atoms with Crippen molar-refractivity contribution in [3.8, 4) is 0 Å². The first kappa shape index (κ1) is 14.4. The smallest absolute Gasteiger partial charge is 0.112 e. The summed E-state index contributed by atoms with van der Waals surface area (Å²) in [5.74, 6) is 0. The summed E-state index contributed by atoms with van der Waals surface area (Å²) in [4.78, 5) is 1.59. The molecule has 0 bridgehead atoms. The van der Waals surface area contributed by atoms with E-state index in [9.17, 15) is 5.11 Å². The Labute approximate surface area is 126 Å². The minimum Gasteiger partial charge on any atom is -0.386 e. The summed E-state index contributed by atoms with van der Waals surface area (Å²) >= 11 is 5.99. The molecule has 1 unspecified atom stereocenters. The van der Waals surface area contributed by atoms with Crippen molar-refractivity contribution >= 4 is 11.6 Å². The van der Waals surface area contributed by atoms with E-state index in [-0.39, 0.29) is 11.5 Å². The van der Waals surface area contributed by atoms with E-state index in [0.717, 1.165) is 24.4 Å².